The molecule has 0 bridgehead atoms. The molecule has 2 aliphatic rings. The third-order valence-corrected chi connectivity index (χ3v) is 13.6. The van der Waals surface area contributed by atoms with Gasteiger partial charge in [0.1, 0.15) is 5.58 Å². The molecule has 3 nitrogen and oxygen atoms in total. The number of hydrogen-bond acceptors (Lipinski definition) is 4. The van der Waals surface area contributed by atoms with Crippen molar-refractivity contribution in [3.8, 4) is 22.3 Å². The molecule has 0 aliphatic carbocycles. The van der Waals surface area contributed by atoms with Crippen molar-refractivity contribution < 1.29 is 4.42 Å². The molecule has 2 aromatic heterocycles. The molecule has 0 unspecified atom stereocenters. The van der Waals surface area contributed by atoms with Crippen LogP contribution in [0.25, 0.3) is 54.3 Å². The maximum atomic E-state index is 6.97. The van der Waals surface area contributed by atoms with E-state index in [9.17, 15) is 0 Å². The lowest BCUT2D eigenvalue weighted by molar-refractivity contribution is 0.590. The number of para-hydroxylation sites is 1. The molecule has 0 saturated carbocycles. The average molecular weight is 769 g/mol. The summed E-state index contributed by atoms with van der Waals surface area (Å²) in [5.74, 6) is 0. The van der Waals surface area contributed by atoms with E-state index in [1.165, 1.54) is 76.3 Å². The van der Waals surface area contributed by atoms with Crippen molar-refractivity contribution >= 4 is 88.9 Å². The van der Waals surface area contributed by atoms with Gasteiger partial charge in [-0.15, -0.1) is 11.3 Å². The lowest BCUT2D eigenvalue weighted by Gasteiger charge is -2.45. The first-order valence-corrected chi connectivity index (χ1v) is 21.3. The van der Waals surface area contributed by atoms with Crippen LogP contribution in [0, 0.1) is 6.92 Å². The molecule has 0 amide bonds. The van der Waals surface area contributed by atoms with E-state index in [0.29, 0.717) is 0 Å². The smallest absolute Gasteiger partial charge is 0.334 e. The SMILES string of the molecule is Cc1cc2c3c(c1)N(c1ccc(C(C)(C)C)cc1-c1ccccc1)c1sc4ccccc4c1B3N(c1ccc(C(C)(C)C)cc1)c1c-2ccc2c1oc1ccccc12. The summed E-state index contributed by atoms with van der Waals surface area (Å²) < 4.78 is 8.25. The first-order chi connectivity index (χ1) is 28.0. The van der Waals surface area contributed by atoms with Gasteiger partial charge in [0.25, 0.3) is 0 Å². The molecule has 4 heterocycles. The lowest BCUT2D eigenvalue weighted by atomic mass is 9.43. The fourth-order valence-corrected chi connectivity index (χ4v) is 10.8. The molecule has 58 heavy (non-hydrogen) atoms. The molecule has 0 radical (unpaired) electrons. The van der Waals surface area contributed by atoms with Crippen molar-refractivity contribution in [1.82, 2.24) is 0 Å². The van der Waals surface area contributed by atoms with Crippen LogP contribution in [-0.4, -0.2) is 6.85 Å². The van der Waals surface area contributed by atoms with Crippen LogP contribution in [0.3, 0.4) is 0 Å². The molecular weight excluding hydrogens is 723 g/mol. The Balaban J connectivity index is 1.28. The van der Waals surface area contributed by atoms with Gasteiger partial charge < -0.3 is 14.1 Å². The van der Waals surface area contributed by atoms with Gasteiger partial charge in [-0.2, -0.15) is 0 Å². The van der Waals surface area contributed by atoms with Crippen LogP contribution < -0.4 is 20.6 Å². The zero-order chi connectivity index (χ0) is 39.7. The first-order valence-electron chi connectivity index (χ1n) is 20.5. The van der Waals surface area contributed by atoms with Gasteiger partial charge >= 0.3 is 6.85 Å². The summed E-state index contributed by atoms with van der Waals surface area (Å²) in [5.41, 5.74) is 18.0. The minimum absolute atomic E-state index is 0.00490. The number of furan rings is 1. The van der Waals surface area contributed by atoms with Gasteiger partial charge in [0.05, 0.1) is 16.4 Å². The minimum Gasteiger partial charge on any atom is -0.454 e. The first kappa shape index (κ1) is 35.2. The number of aryl methyl sites for hydroxylation is 1. The number of fused-ring (bicyclic) bond motifs is 10. The van der Waals surface area contributed by atoms with E-state index >= 15 is 0 Å². The number of nitrogens with zero attached hydrogens (tertiary/aromatic N) is 2. The minimum atomic E-state index is -0.117. The normalized spacial score (nSPS) is 13.7. The maximum absolute atomic E-state index is 6.97. The topological polar surface area (TPSA) is 19.6 Å². The van der Waals surface area contributed by atoms with Crippen molar-refractivity contribution in [3.63, 3.8) is 0 Å². The van der Waals surface area contributed by atoms with Crippen molar-refractivity contribution in [2.75, 3.05) is 9.71 Å². The van der Waals surface area contributed by atoms with Crippen molar-refractivity contribution in [3.05, 3.63) is 162 Å². The number of rotatable bonds is 3. The average Bonchev–Trinajstić information content (AvgIpc) is 3.79. The Morgan fingerprint density at radius 3 is 2.00 bits per heavy atom. The van der Waals surface area contributed by atoms with Gasteiger partial charge in [-0.25, -0.2) is 0 Å². The van der Waals surface area contributed by atoms with Crippen LogP contribution >= 0.6 is 11.3 Å². The van der Waals surface area contributed by atoms with Crippen molar-refractivity contribution in [1.29, 1.82) is 0 Å². The van der Waals surface area contributed by atoms with Crippen LogP contribution in [0.5, 0.6) is 0 Å². The summed E-state index contributed by atoms with van der Waals surface area (Å²) >= 11 is 1.90. The second-order valence-corrected chi connectivity index (χ2v) is 19.3. The third-order valence-electron chi connectivity index (χ3n) is 12.4. The fourth-order valence-electron chi connectivity index (χ4n) is 9.51. The predicted molar refractivity (Wildman–Crippen MR) is 250 cm³/mol. The molecular formula is C53H45BN2OS. The van der Waals surface area contributed by atoms with Gasteiger partial charge in [-0.1, -0.05) is 139 Å². The highest BCUT2D eigenvalue weighted by Gasteiger charge is 2.48. The summed E-state index contributed by atoms with van der Waals surface area (Å²) in [6.07, 6.45) is 0. The zero-order valence-electron chi connectivity index (χ0n) is 34.1. The highest BCUT2D eigenvalue weighted by Crippen LogP contribution is 2.54. The summed E-state index contributed by atoms with van der Waals surface area (Å²) in [7, 11) is 0. The van der Waals surface area contributed by atoms with Crippen molar-refractivity contribution in [2.24, 2.45) is 0 Å². The van der Waals surface area contributed by atoms with Gasteiger partial charge in [0, 0.05) is 38.0 Å². The zero-order valence-corrected chi connectivity index (χ0v) is 35.0. The quantitative estimate of drug-likeness (QED) is 0.167. The van der Waals surface area contributed by atoms with E-state index in [4.69, 9.17) is 4.42 Å². The highest BCUT2D eigenvalue weighted by molar-refractivity contribution is 7.26. The highest BCUT2D eigenvalue weighted by atomic mass is 32.1. The number of benzene rings is 7. The molecule has 5 heteroatoms. The van der Waals surface area contributed by atoms with Gasteiger partial charge in [0.15, 0.2) is 5.58 Å². The van der Waals surface area contributed by atoms with E-state index in [1.54, 1.807) is 0 Å². The molecule has 0 N–H and O–H groups in total. The number of thiophene rings is 1. The summed E-state index contributed by atoms with van der Waals surface area (Å²) in [4.78, 5) is 5.21. The van der Waals surface area contributed by atoms with Crippen LogP contribution in [0.2, 0.25) is 0 Å². The summed E-state index contributed by atoms with van der Waals surface area (Å²) in [6, 6.07) is 54.4. The Bertz CT molecular complexity index is 3110. The van der Waals surface area contributed by atoms with Gasteiger partial charge in [0.2, 0.25) is 0 Å². The van der Waals surface area contributed by atoms with Gasteiger partial charge in [-0.3, -0.25) is 0 Å². The second kappa shape index (κ2) is 12.5. The largest absolute Gasteiger partial charge is 0.454 e. The predicted octanol–water partition coefficient (Wildman–Crippen LogP) is 14.1. The Morgan fingerprint density at radius 1 is 0.552 bits per heavy atom. The van der Waals surface area contributed by atoms with E-state index in [-0.39, 0.29) is 17.7 Å². The van der Waals surface area contributed by atoms with E-state index in [0.717, 1.165) is 33.3 Å². The lowest BCUT2D eigenvalue weighted by Crippen LogP contribution is -2.61. The maximum Gasteiger partial charge on any atom is 0.334 e. The number of anilines is 5. The summed E-state index contributed by atoms with van der Waals surface area (Å²) in [6.45, 7) is 15.9. The molecule has 0 fully saturated rings. The van der Waals surface area contributed by atoms with Crippen LogP contribution in [0.15, 0.2) is 150 Å². The molecule has 0 saturated heterocycles. The third kappa shape index (κ3) is 5.19. The van der Waals surface area contributed by atoms with E-state index < -0.39 is 0 Å². The molecule has 0 spiro atoms. The molecule has 0 atom stereocenters. The Kier molecular flexibility index (Phi) is 7.56. The molecule has 282 valence electrons. The van der Waals surface area contributed by atoms with Crippen molar-refractivity contribution in [2.45, 2.75) is 59.3 Å². The molecule has 9 aromatic rings. The van der Waals surface area contributed by atoms with E-state index in [1.807, 2.05) is 11.3 Å². The Labute approximate surface area is 345 Å². The standard InChI is InChI=1S/C53H45BN2OS/c1-32-29-42-38-26-27-39-37-17-11-13-19-45(37)57-50(39)49(38)56(36-24-21-34(22-25-36)52(2,3)4)54-47(42)44(30-32)55(51-48(54)40-18-12-14-20-46(40)58-51)43-28-23-35(53(5,6)7)31-41(43)33-15-9-8-10-16-33/h8-31H,1-7H3. The Morgan fingerprint density at radius 2 is 1.24 bits per heavy atom. The van der Waals surface area contributed by atoms with Crippen LogP contribution in [0.1, 0.15) is 58.2 Å². The molecule has 2 aliphatic heterocycles. The van der Waals surface area contributed by atoms with Crippen LogP contribution in [0.4, 0.5) is 27.8 Å². The molecule has 7 aromatic carbocycles. The van der Waals surface area contributed by atoms with E-state index in [2.05, 4.69) is 204 Å². The van der Waals surface area contributed by atoms with Gasteiger partial charge in [-0.05, 0) is 110 Å². The fraction of sp³-hybridized carbons (Fsp3) is 0.170. The Hall–Kier alpha value is -6.04. The second-order valence-electron chi connectivity index (χ2n) is 18.3. The number of hydrogen-bond donors (Lipinski definition) is 0. The monoisotopic (exact) mass is 768 g/mol. The van der Waals surface area contributed by atoms with Crippen LogP contribution in [-0.2, 0) is 10.8 Å². The summed E-state index contributed by atoms with van der Waals surface area (Å²) in [5, 5.41) is 4.83. The molecule has 11 rings (SSSR count).